The predicted molar refractivity (Wildman–Crippen MR) is 94.7 cm³/mol. The van der Waals surface area contributed by atoms with Gasteiger partial charge in [0, 0.05) is 12.5 Å². The van der Waals surface area contributed by atoms with Gasteiger partial charge < -0.3 is 4.90 Å². The van der Waals surface area contributed by atoms with Gasteiger partial charge in [0.25, 0.3) is 0 Å². The first-order valence-electron chi connectivity index (χ1n) is 8.78. The number of hydrogen-bond acceptors (Lipinski definition) is 4. The number of rotatable bonds is 4. The number of likely N-dealkylation sites (tertiary alicyclic amines) is 1. The molecule has 1 fully saturated rings. The lowest BCUT2D eigenvalue weighted by molar-refractivity contribution is 0.144. The molecule has 1 saturated heterocycles. The van der Waals surface area contributed by atoms with Gasteiger partial charge in [0.2, 0.25) is 0 Å². The van der Waals surface area contributed by atoms with Gasteiger partial charge in [0.15, 0.2) is 6.33 Å². The van der Waals surface area contributed by atoms with Crippen LogP contribution in [0.5, 0.6) is 0 Å². The van der Waals surface area contributed by atoms with Gasteiger partial charge >= 0.3 is 0 Å². The van der Waals surface area contributed by atoms with Crippen LogP contribution >= 0.6 is 0 Å². The Kier molecular flexibility index (Phi) is 4.26. The number of piperidine rings is 1. The molecule has 5 heteroatoms. The van der Waals surface area contributed by atoms with Crippen molar-refractivity contribution in [2.45, 2.75) is 25.8 Å². The van der Waals surface area contributed by atoms with Crippen LogP contribution in [0.3, 0.4) is 0 Å². The molecule has 1 aliphatic rings. The molecule has 0 amide bonds. The summed E-state index contributed by atoms with van der Waals surface area (Å²) in [4.78, 5) is 4.33. The first kappa shape index (κ1) is 15.3. The van der Waals surface area contributed by atoms with E-state index < -0.39 is 0 Å². The molecule has 0 aliphatic carbocycles. The maximum Gasteiger partial charge on any atom is 0.162 e. The number of fused-ring (bicyclic) bond motifs is 1. The summed E-state index contributed by atoms with van der Waals surface area (Å²) in [6.45, 7) is 5.63. The highest BCUT2D eigenvalue weighted by atomic mass is 15.6. The highest BCUT2D eigenvalue weighted by Crippen LogP contribution is 2.33. The zero-order valence-corrected chi connectivity index (χ0v) is 14.0. The number of hydrogen-bond donors (Lipinski definition) is 0. The van der Waals surface area contributed by atoms with Crippen molar-refractivity contribution in [3.8, 4) is 0 Å². The fourth-order valence-electron chi connectivity index (χ4n) is 3.92. The standard InChI is InChI=1S/C19H23N5/c1-2-23-11-5-8-18(13-23)19(24-21-14-20-22-24)17-10-9-15-6-3-4-7-16(15)12-17/h3-4,6-7,9-10,12,14,18-19H,2,5,8,11,13H2,1H3/t18-,19?/m0/s1. The average molecular weight is 321 g/mol. The summed E-state index contributed by atoms with van der Waals surface area (Å²) in [6.07, 6.45) is 3.97. The lowest BCUT2D eigenvalue weighted by Gasteiger charge is -2.36. The van der Waals surface area contributed by atoms with Crippen molar-refractivity contribution in [3.63, 3.8) is 0 Å². The quantitative estimate of drug-likeness (QED) is 0.740. The van der Waals surface area contributed by atoms with Crippen LogP contribution in [0, 0.1) is 5.92 Å². The zero-order valence-electron chi connectivity index (χ0n) is 14.0. The molecule has 0 N–H and O–H groups in total. The molecule has 1 unspecified atom stereocenters. The monoisotopic (exact) mass is 321 g/mol. The smallest absolute Gasteiger partial charge is 0.162 e. The first-order valence-corrected chi connectivity index (χ1v) is 8.78. The normalized spacial score (nSPS) is 20.3. The van der Waals surface area contributed by atoms with Crippen LogP contribution in [-0.2, 0) is 0 Å². The summed E-state index contributed by atoms with van der Waals surface area (Å²) in [5.74, 6) is 0.508. The van der Waals surface area contributed by atoms with Gasteiger partial charge in [-0.1, -0.05) is 43.3 Å². The third-order valence-electron chi connectivity index (χ3n) is 5.16. The molecule has 124 valence electrons. The van der Waals surface area contributed by atoms with Gasteiger partial charge in [-0.25, -0.2) is 0 Å². The fraction of sp³-hybridized carbons (Fsp3) is 0.421. The molecule has 0 bridgehead atoms. The molecular formula is C19H23N5. The first-order chi connectivity index (χ1) is 11.8. The fourth-order valence-corrected chi connectivity index (χ4v) is 3.92. The summed E-state index contributed by atoms with van der Waals surface area (Å²) in [7, 11) is 0. The van der Waals surface area contributed by atoms with Crippen LogP contribution in [0.1, 0.15) is 31.4 Å². The van der Waals surface area contributed by atoms with Gasteiger partial charge in [0.05, 0.1) is 0 Å². The van der Waals surface area contributed by atoms with Crippen molar-refractivity contribution in [2.24, 2.45) is 5.92 Å². The molecule has 2 aromatic carbocycles. The zero-order chi connectivity index (χ0) is 16.4. The minimum Gasteiger partial charge on any atom is -0.303 e. The van der Waals surface area contributed by atoms with Crippen LogP contribution < -0.4 is 0 Å². The minimum absolute atomic E-state index is 0.145. The average Bonchev–Trinajstić information content (AvgIpc) is 3.16. The molecule has 4 rings (SSSR count). The Labute approximate surface area is 142 Å². The molecule has 24 heavy (non-hydrogen) atoms. The van der Waals surface area contributed by atoms with E-state index in [9.17, 15) is 0 Å². The van der Waals surface area contributed by atoms with Crippen molar-refractivity contribution in [3.05, 3.63) is 54.4 Å². The van der Waals surface area contributed by atoms with E-state index >= 15 is 0 Å². The van der Waals surface area contributed by atoms with Crippen LogP contribution in [0.15, 0.2) is 48.8 Å². The lowest BCUT2D eigenvalue weighted by atomic mass is 9.86. The van der Waals surface area contributed by atoms with Crippen molar-refractivity contribution in [2.75, 3.05) is 19.6 Å². The van der Waals surface area contributed by atoms with Crippen molar-refractivity contribution >= 4 is 10.8 Å². The van der Waals surface area contributed by atoms with Crippen molar-refractivity contribution in [1.82, 2.24) is 25.1 Å². The van der Waals surface area contributed by atoms with E-state index in [1.54, 1.807) is 4.80 Å². The predicted octanol–water partition coefficient (Wildman–Crippen LogP) is 3.15. The molecular weight excluding hydrogens is 298 g/mol. The third-order valence-corrected chi connectivity index (χ3v) is 5.16. The molecule has 2 heterocycles. The maximum atomic E-state index is 4.38. The molecule has 0 saturated carbocycles. The highest BCUT2D eigenvalue weighted by molar-refractivity contribution is 5.83. The van der Waals surface area contributed by atoms with E-state index in [2.05, 4.69) is 69.7 Å². The van der Waals surface area contributed by atoms with E-state index in [0.717, 1.165) is 13.1 Å². The van der Waals surface area contributed by atoms with Gasteiger partial charge in [-0.3, -0.25) is 0 Å². The van der Waals surface area contributed by atoms with Crippen LogP contribution in [0.4, 0.5) is 0 Å². The van der Waals surface area contributed by atoms with Gasteiger partial charge in [0.1, 0.15) is 6.04 Å². The number of aromatic nitrogens is 4. The summed E-state index contributed by atoms with van der Waals surface area (Å²) in [6, 6.07) is 15.4. The van der Waals surface area contributed by atoms with E-state index in [1.807, 2.05) is 0 Å². The molecule has 1 aromatic heterocycles. The van der Waals surface area contributed by atoms with Gasteiger partial charge in [-0.2, -0.15) is 4.80 Å². The third kappa shape index (κ3) is 2.91. The molecule has 1 aliphatic heterocycles. The lowest BCUT2D eigenvalue weighted by Crippen LogP contribution is -2.39. The number of tetrazole rings is 1. The van der Waals surface area contributed by atoms with Crippen LogP contribution in [0.25, 0.3) is 10.8 Å². The Morgan fingerprint density at radius 3 is 2.83 bits per heavy atom. The summed E-state index contributed by atoms with van der Waals surface area (Å²) >= 11 is 0. The number of nitrogens with zero attached hydrogens (tertiary/aromatic N) is 5. The van der Waals surface area contributed by atoms with Gasteiger partial charge in [-0.15, -0.1) is 10.2 Å². The van der Waals surface area contributed by atoms with E-state index in [1.165, 1.54) is 42.0 Å². The van der Waals surface area contributed by atoms with E-state index in [-0.39, 0.29) is 6.04 Å². The Bertz CT molecular complexity index is 798. The molecule has 0 spiro atoms. The number of benzene rings is 2. The Morgan fingerprint density at radius 1 is 1.17 bits per heavy atom. The maximum absolute atomic E-state index is 4.38. The SMILES string of the molecule is CCN1CCC[C@H](C(c2ccc3ccccc3c2)n2ncnn2)C1. The second-order valence-electron chi connectivity index (χ2n) is 6.60. The Hall–Kier alpha value is -2.27. The Balaban J connectivity index is 1.74. The second-order valence-corrected chi connectivity index (χ2v) is 6.60. The molecule has 5 nitrogen and oxygen atoms in total. The Morgan fingerprint density at radius 2 is 2.04 bits per heavy atom. The van der Waals surface area contributed by atoms with E-state index in [4.69, 9.17) is 0 Å². The van der Waals surface area contributed by atoms with Gasteiger partial charge in [-0.05, 0) is 53.5 Å². The second kappa shape index (κ2) is 6.69. The molecule has 2 atom stereocenters. The van der Waals surface area contributed by atoms with Crippen LogP contribution in [-0.4, -0.2) is 44.7 Å². The molecule has 3 aromatic rings. The largest absolute Gasteiger partial charge is 0.303 e. The highest BCUT2D eigenvalue weighted by Gasteiger charge is 2.30. The van der Waals surface area contributed by atoms with Crippen molar-refractivity contribution in [1.29, 1.82) is 0 Å². The topological polar surface area (TPSA) is 46.8 Å². The summed E-state index contributed by atoms with van der Waals surface area (Å²) < 4.78 is 0. The van der Waals surface area contributed by atoms with Crippen molar-refractivity contribution < 1.29 is 0 Å². The molecule has 0 radical (unpaired) electrons. The summed E-state index contributed by atoms with van der Waals surface area (Å²) in [5.41, 5.74) is 1.27. The van der Waals surface area contributed by atoms with E-state index in [0.29, 0.717) is 5.92 Å². The minimum atomic E-state index is 0.145. The van der Waals surface area contributed by atoms with Crippen LogP contribution in [0.2, 0.25) is 0 Å². The summed E-state index contributed by atoms with van der Waals surface area (Å²) in [5, 5.41) is 15.1.